The van der Waals surface area contributed by atoms with Gasteiger partial charge < -0.3 is 9.84 Å². The van der Waals surface area contributed by atoms with Gasteiger partial charge in [-0.3, -0.25) is 9.69 Å². The number of nitrogens with zero attached hydrogens (tertiary/aromatic N) is 2. The summed E-state index contributed by atoms with van der Waals surface area (Å²) >= 11 is 1.37. The van der Waals surface area contributed by atoms with E-state index in [1.54, 1.807) is 0 Å². The normalized spacial score (nSPS) is 23.5. The number of amides is 1. The summed E-state index contributed by atoms with van der Waals surface area (Å²) in [5.41, 5.74) is 1.73. The van der Waals surface area contributed by atoms with E-state index in [-0.39, 0.29) is 24.3 Å². The summed E-state index contributed by atoms with van der Waals surface area (Å²) < 4.78 is 5.70. The van der Waals surface area contributed by atoms with Crippen molar-refractivity contribution in [2.75, 3.05) is 5.75 Å². The molecule has 1 N–H and O–H groups in total. The number of aryl methyl sites for hydroxylation is 1. The highest BCUT2D eigenvalue weighted by Gasteiger charge is 2.51. The maximum absolute atomic E-state index is 13.2. The lowest BCUT2D eigenvalue weighted by atomic mass is 9.85. The zero-order chi connectivity index (χ0) is 21.5. The van der Waals surface area contributed by atoms with Crippen LogP contribution in [0.3, 0.4) is 0 Å². The second-order valence-electron chi connectivity index (χ2n) is 8.02. The van der Waals surface area contributed by atoms with Crippen molar-refractivity contribution in [3.63, 3.8) is 0 Å². The van der Waals surface area contributed by atoms with Crippen LogP contribution in [-0.4, -0.2) is 27.8 Å². The Hall–Kier alpha value is -2.75. The van der Waals surface area contributed by atoms with Gasteiger partial charge in [-0.1, -0.05) is 42.0 Å². The smallest absolute Gasteiger partial charge is 0.231 e. The number of carbonyl (C=O) groups is 1. The number of hydrogen-bond donors (Lipinski definition) is 1. The van der Waals surface area contributed by atoms with Crippen molar-refractivity contribution in [3.05, 3.63) is 75.8 Å². The van der Waals surface area contributed by atoms with Gasteiger partial charge >= 0.3 is 0 Å². The first-order valence-corrected chi connectivity index (χ1v) is 11.0. The molecule has 0 unspecified atom stereocenters. The van der Waals surface area contributed by atoms with Gasteiger partial charge in [-0.2, -0.15) is 5.26 Å². The molecule has 2 aliphatic heterocycles. The van der Waals surface area contributed by atoms with Gasteiger partial charge in [0.2, 0.25) is 5.91 Å². The number of benzene rings is 2. The molecule has 2 heterocycles. The van der Waals surface area contributed by atoms with Gasteiger partial charge in [0.25, 0.3) is 0 Å². The summed E-state index contributed by atoms with van der Waals surface area (Å²) in [6, 6.07) is 17.4. The molecular weight excluding hydrogens is 396 g/mol. The average molecular weight is 421 g/mol. The molecule has 0 aromatic heterocycles. The number of hydrogen-bond acceptors (Lipinski definition) is 5. The van der Waals surface area contributed by atoms with Crippen LogP contribution in [0.25, 0.3) is 0 Å². The molecule has 1 amide bonds. The first-order chi connectivity index (χ1) is 14.3. The van der Waals surface area contributed by atoms with E-state index in [9.17, 15) is 15.2 Å². The standard InChI is InChI=1S/C24H24N2O3S/c1-15(2)29-19-10-6-17(7-11-19)20-12-22(27)26-23(21(20)13-25)30-14-24(26,28)18-8-4-16(3)5-9-18/h4-11,15,20,28H,12,14H2,1-3H3/t20-,24-/m0/s1. The summed E-state index contributed by atoms with van der Waals surface area (Å²) in [7, 11) is 0. The molecule has 0 bridgehead atoms. The van der Waals surface area contributed by atoms with E-state index in [0.717, 1.165) is 16.9 Å². The van der Waals surface area contributed by atoms with E-state index < -0.39 is 5.72 Å². The van der Waals surface area contributed by atoms with E-state index in [4.69, 9.17) is 4.74 Å². The number of aliphatic hydroxyl groups is 1. The van der Waals surface area contributed by atoms with Crippen molar-refractivity contribution >= 4 is 17.7 Å². The van der Waals surface area contributed by atoms with Gasteiger partial charge in [-0.25, -0.2) is 0 Å². The van der Waals surface area contributed by atoms with Crippen LogP contribution >= 0.6 is 11.8 Å². The second-order valence-corrected chi connectivity index (χ2v) is 8.99. The number of thioether (sulfide) groups is 1. The molecule has 0 spiro atoms. The minimum Gasteiger partial charge on any atom is -0.491 e. The van der Waals surface area contributed by atoms with Crippen LogP contribution in [0.5, 0.6) is 5.75 Å². The van der Waals surface area contributed by atoms with Crippen LogP contribution in [0.1, 0.15) is 42.9 Å². The lowest BCUT2D eigenvalue weighted by Gasteiger charge is -2.38. The van der Waals surface area contributed by atoms with Gasteiger partial charge in [0.05, 0.1) is 28.5 Å². The largest absolute Gasteiger partial charge is 0.491 e. The first kappa shape index (κ1) is 20.5. The van der Waals surface area contributed by atoms with Gasteiger partial charge in [0.1, 0.15) is 5.75 Å². The topological polar surface area (TPSA) is 73.6 Å². The molecule has 1 saturated heterocycles. The highest BCUT2D eigenvalue weighted by Crippen LogP contribution is 2.51. The highest BCUT2D eigenvalue weighted by atomic mass is 32.2. The van der Waals surface area contributed by atoms with E-state index in [0.29, 0.717) is 21.9 Å². The number of nitriles is 1. The Morgan fingerprint density at radius 2 is 1.87 bits per heavy atom. The van der Waals surface area contributed by atoms with Gasteiger partial charge in [-0.05, 0) is 38.5 Å². The Labute approximate surface area is 181 Å². The van der Waals surface area contributed by atoms with Crippen LogP contribution < -0.4 is 4.74 Å². The summed E-state index contributed by atoms with van der Waals surface area (Å²) in [4.78, 5) is 14.6. The molecule has 2 aromatic rings. The van der Waals surface area contributed by atoms with Gasteiger partial charge in [-0.15, -0.1) is 11.8 Å². The highest BCUT2D eigenvalue weighted by molar-refractivity contribution is 8.03. The molecule has 0 radical (unpaired) electrons. The lowest BCUT2D eigenvalue weighted by molar-refractivity contribution is -0.149. The quantitative estimate of drug-likeness (QED) is 0.792. The van der Waals surface area contributed by atoms with E-state index in [1.165, 1.54) is 16.7 Å². The monoisotopic (exact) mass is 420 g/mol. The molecule has 6 heteroatoms. The Bertz CT molecular complexity index is 1040. The zero-order valence-corrected chi connectivity index (χ0v) is 18.1. The van der Waals surface area contributed by atoms with Crippen LogP contribution in [0.15, 0.2) is 59.1 Å². The third kappa shape index (κ3) is 3.49. The molecule has 5 nitrogen and oxygen atoms in total. The number of fused-ring (bicyclic) bond motifs is 1. The minimum atomic E-state index is -1.44. The van der Waals surface area contributed by atoms with Crippen LogP contribution in [0.2, 0.25) is 0 Å². The maximum atomic E-state index is 13.2. The molecule has 2 atom stereocenters. The van der Waals surface area contributed by atoms with Crippen LogP contribution in [-0.2, 0) is 10.5 Å². The third-order valence-corrected chi connectivity index (χ3v) is 6.70. The molecule has 30 heavy (non-hydrogen) atoms. The van der Waals surface area contributed by atoms with Crippen molar-refractivity contribution in [2.45, 2.75) is 44.9 Å². The van der Waals surface area contributed by atoms with Gasteiger partial charge in [0, 0.05) is 17.9 Å². The molecule has 4 rings (SSSR count). The fraction of sp³-hybridized carbons (Fsp3) is 0.333. The number of rotatable bonds is 4. The molecule has 1 fully saturated rings. The Balaban J connectivity index is 1.71. The molecule has 2 aromatic carbocycles. The molecular formula is C24H24N2O3S. The zero-order valence-electron chi connectivity index (χ0n) is 17.3. The predicted molar refractivity (Wildman–Crippen MR) is 117 cm³/mol. The summed E-state index contributed by atoms with van der Waals surface area (Å²) in [5.74, 6) is 0.558. The van der Waals surface area contributed by atoms with Crippen molar-refractivity contribution in [1.29, 1.82) is 5.26 Å². The first-order valence-electron chi connectivity index (χ1n) is 9.99. The van der Waals surface area contributed by atoms with Crippen molar-refractivity contribution < 1.29 is 14.6 Å². The van der Waals surface area contributed by atoms with E-state index >= 15 is 0 Å². The average Bonchev–Trinajstić information content (AvgIpc) is 3.08. The Morgan fingerprint density at radius 3 is 2.47 bits per heavy atom. The van der Waals surface area contributed by atoms with Crippen molar-refractivity contribution in [2.24, 2.45) is 0 Å². The molecule has 0 saturated carbocycles. The lowest BCUT2D eigenvalue weighted by Crippen LogP contribution is -2.48. The summed E-state index contributed by atoms with van der Waals surface area (Å²) in [5, 5.41) is 21.9. The molecule has 2 aliphatic rings. The van der Waals surface area contributed by atoms with Crippen molar-refractivity contribution in [1.82, 2.24) is 4.90 Å². The number of carbonyl (C=O) groups excluding carboxylic acids is 1. The Morgan fingerprint density at radius 1 is 1.20 bits per heavy atom. The minimum absolute atomic E-state index is 0.0757. The molecule has 0 aliphatic carbocycles. The summed E-state index contributed by atoms with van der Waals surface area (Å²) in [6.07, 6.45) is 0.220. The SMILES string of the molecule is Cc1ccc([C@@]2(O)CSC3=C(C#N)[C@H](c4ccc(OC(C)C)cc4)CC(=O)N32)cc1. The van der Waals surface area contributed by atoms with Crippen LogP contribution in [0.4, 0.5) is 0 Å². The van der Waals surface area contributed by atoms with Crippen molar-refractivity contribution in [3.8, 4) is 11.8 Å². The van der Waals surface area contributed by atoms with Gasteiger partial charge in [0.15, 0.2) is 5.72 Å². The molecule has 154 valence electrons. The van der Waals surface area contributed by atoms with E-state index in [1.807, 2.05) is 69.3 Å². The predicted octanol–water partition coefficient (Wildman–Crippen LogP) is 4.43. The number of ether oxygens (including phenoxy) is 1. The fourth-order valence-electron chi connectivity index (χ4n) is 3.99. The third-order valence-electron chi connectivity index (χ3n) is 5.48. The Kier molecular flexibility index (Phi) is 5.35. The van der Waals surface area contributed by atoms with Crippen LogP contribution in [0, 0.1) is 18.3 Å². The number of allylic oxidation sites excluding steroid dienone is 1. The van der Waals surface area contributed by atoms with E-state index in [2.05, 4.69) is 6.07 Å². The summed E-state index contributed by atoms with van der Waals surface area (Å²) in [6.45, 7) is 5.91. The maximum Gasteiger partial charge on any atom is 0.231 e. The second kappa shape index (κ2) is 7.82. The fourth-order valence-corrected chi connectivity index (χ4v) is 5.35.